The van der Waals surface area contributed by atoms with Crippen molar-refractivity contribution in [1.29, 1.82) is 0 Å². The summed E-state index contributed by atoms with van der Waals surface area (Å²) in [6.07, 6.45) is 1.47. The number of benzene rings is 2. The van der Waals surface area contributed by atoms with E-state index in [-0.39, 0.29) is 29.4 Å². The molecule has 0 spiro atoms. The molecule has 3 nitrogen and oxygen atoms in total. The van der Waals surface area contributed by atoms with Gasteiger partial charge in [0, 0.05) is 12.0 Å². The standard InChI is InChI=1S/C21H19FO3S2/c1-12-11-16(23)19-17(8-7-15(22)18(12)19)25-20(24)13-3-5-14(6-4-13)21-26-9-2-10-27-21/h3-8,12,21H,2,9-11H2,1H3. The van der Waals surface area contributed by atoms with Crippen molar-refractivity contribution >= 4 is 35.3 Å². The minimum atomic E-state index is -0.535. The highest BCUT2D eigenvalue weighted by atomic mass is 32.2. The molecule has 6 heteroatoms. The molecule has 1 aliphatic heterocycles. The molecule has 0 aromatic heterocycles. The van der Waals surface area contributed by atoms with E-state index in [0.717, 1.165) is 11.5 Å². The van der Waals surface area contributed by atoms with E-state index >= 15 is 0 Å². The van der Waals surface area contributed by atoms with Crippen molar-refractivity contribution in [2.75, 3.05) is 11.5 Å². The maximum atomic E-state index is 14.1. The minimum Gasteiger partial charge on any atom is -0.422 e. The van der Waals surface area contributed by atoms with Crippen molar-refractivity contribution in [2.45, 2.75) is 30.3 Å². The van der Waals surface area contributed by atoms with Gasteiger partial charge in [-0.15, -0.1) is 23.5 Å². The molecule has 0 N–H and O–H groups in total. The highest BCUT2D eigenvalue weighted by molar-refractivity contribution is 8.16. The zero-order valence-corrected chi connectivity index (χ0v) is 16.5. The van der Waals surface area contributed by atoms with Crippen molar-refractivity contribution in [3.05, 3.63) is 64.5 Å². The average Bonchev–Trinajstić information content (AvgIpc) is 3.00. The lowest BCUT2D eigenvalue weighted by atomic mass is 10.0. The van der Waals surface area contributed by atoms with Gasteiger partial charge in [-0.2, -0.15) is 0 Å². The number of carbonyl (C=O) groups excluding carboxylic acids is 2. The molecule has 27 heavy (non-hydrogen) atoms. The van der Waals surface area contributed by atoms with E-state index in [1.165, 1.54) is 24.1 Å². The Kier molecular flexibility index (Phi) is 5.28. The Hall–Kier alpha value is -1.79. The molecule has 0 amide bonds. The van der Waals surface area contributed by atoms with Gasteiger partial charge in [0.1, 0.15) is 11.6 Å². The van der Waals surface area contributed by atoms with Gasteiger partial charge in [-0.05, 0) is 53.7 Å². The number of ketones is 1. The van der Waals surface area contributed by atoms with Crippen LogP contribution in [-0.2, 0) is 0 Å². The van der Waals surface area contributed by atoms with Crippen molar-refractivity contribution in [3.63, 3.8) is 0 Å². The number of thioether (sulfide) groups is 2. The fourth-order valence-corrected chi connectivity index (χ4v) is 6.42. The van der Waals surface area contributed by atoms with E-state index in [9.17, 15) is 14.0 Å². The molecule has 1 saturated heterocycles. The van der Waals surface area contributed by atoms with E-state index < -0.39 is 11.8 Å². The van der Waals surface area contributed by atoms with E-state index in [4.69, 9.17) is 4.74 Å². The zero-order chi connectivity index (χ0) is 19.0. The Bertz CT molecular complexity index is 889. The van der Waals surface area contributed by atoms with Crippen LogP contribution in [0.5, 0.6) is 5.75 Å². The molecular formula is C21H19FO3S2. The van der Waals surface area contributed by atoms with Gasteiger partial charge in [0.05, 0.1) is 15.7 Å². The number of ether oxygens (including phenoxy) is 1. The number of esters is 1. The smallest absolute Gasteiger partial charge is 0.343 e. The fourth-order valence-electron chi connectivity index (χ4n) is 3.53. The number of halogens is 1. The number of hydrogen-bond acceptors (Lipinski definition) is 5. The number of rotatable bonds is 3. The Morgan fingerprint density at radius 3 is 2.52 bits per heavy atom. The first-order valence-electron chi connectivity index (χ1n) is 8.95. The van der Waals surface area contributed by atoms with Crippen molar-refractivity contribution in [3.8, 4) is 5.75 Å². The van der Waals surface area contributed by atoms with E-state index in [1.54, 1.807) is 19.1 Å². The van der Waals surface area contributed by atoms with Gasteiger partial charge in [-0.1, -0.05) is 19.1 Å². The molecule has 1 aliphatic carbocycles. The second-order valence-electron chi connectivity index (χ2n) is 6.80. The molecular weight excluding hydrogens is 383 g/mol. The normalized spacial score (nSPS) is 19.8. The first kappa shape index (κ1) is 18.6. The predicted octanol–water partition coefficient (Wildman–Crippen LogP) is 5.60. The van der Waals surface area contributed by atoms with Gasteiger partial charge in [0.15, 0.2) is 5.78 Å². The lowest BCUT2D eigenvalue weighted by Crippen LogP contribution is -2.11. The lowest BCUT2D eigenvalue weighted by molar-refractivity contribution is 0.0732. The number of Topliss-reactive ketones (excluding diaryl/α,β-unsaturated/α-hetero) is 1. The topological polar surface area (TPSA) is 43.4 Å². The van der Waals surface area contributed by atoms with Crippen LogP contribution in [0.4, 0.5) is 4.39 Å². The molecule has 2 aliphatic rings. The summed E-state index contributed by atoms with van der Waals surface area (Å²) in [7, 11) is 0. The molecule has 0 saturated carbocycles. The molecule has 1 atom stereocenters. The molecule has 1 fully saturated rings. The Morgan fingerprint density at radius 2 is 1.81 bits per heavy atom. The summed E-state index contributed by atoms with van der Waals surface area (Å²) in [6.45, 7) is 1.80. The highest BCUT2D eigenvalue weighted by Gasteiger charge is 2.33. The molecule has 4 rings (SSSR count). The Morgan fingerprint density at radius 1 is 1.11 bits per heavy atom. The molecule has 140 valence electrons. The number of fused-ring (bicyclic) bond motifs is 1. The highest BCUT2D eigenvalue weighted by Crippen LogP contribution is 2.43. The van der Waals surface area contributed by atoms with Gasteiger partial charge < -0.3 is 4.74 Å². The van der Waals surface area contributed by atoms with Crippen LogP contribution in [0.25, 0.3) is 0 Å². The van der Waals surface area contributed by atoms with Crippen LogP contribution in [0.2, 0.25) is 0 Å². The Labute approximate surface area is 166 Å². The first-order chi connectivity index (χ1) is 13.0. The van der Waals surface area contributed by atoms with Crippen LogP contribution < -0.4 is 4.74 Å². The van der Waals surface area contributed by atoms with Crippen LogP contribution in [-0.4, -0.2) is 23.3 Å². The molecule has 2 aromatic rings. The second-order valence-corrected chi connectivity index (χ2v) is 9.53. The minimum absolute atomic E-state index is 0.146. The summed E-state index contributed by atoms with van der Waals surface area (Å²) < 4.78 is 20.0. The van der Waals surface area contributed by atoms with Crippen LogP contribution in [0, 0.1) is 5.82 Å². The summed E-state index contributed by atoms with van der Waals surface area (Å²) in [4.78, 5) is 24.8. The summed E-state index contributed by atoms with van der Waals surface area (Å²) in [5, 5.41) is 0. The molecule has 2 aromatic carbocycles. The van der Waals surface area contributed by atoms with Crippen LogP contribution >= 0.6 is 23.5 Å². The number of hydrogen-bond donors (Lipinski definition) is 0. The van der Waals surface area contributed by atoms with E-state index in [2.05, 4.69) is 0 Å². The summed E-state index contributed by atoms with van der Waals surface area (Å²) in [5.41, 5.74) is 2.17. The average molecular weight is 403 g/mol. The van der Waals surface area contributed by atoms with Crippen LogP contribution in [0.1, 0.15) is 62.1 Å². The SMILES string of the molecule is CC1CC(=O)c2c(OC(=O)c3ccc(C4SCCCS4)cc3)ccc(F)c21. The second kappa shape index (κ2) is 7.68. The van der Waals surface area contributed by atoms with Crippen molar-refractivity contribution < 1.29 is 18.7 Å². The summed E-state index contributed by atoms with van der Waals surface area (Å²) in [6, 6.07) is 10.0. The third kappa shape index (κ3) is 3.65. The van der Waals surface area contributed by atoms with Crippen molar-refractivity contribution in [1.82, 2.24) is 0 Å². The quantitative estimate of drug-likeness (QED) is 0.494. The maximum absolute atomic E-state index is 14.1. The monoisotopic (exact) mass is 402 g/mol. The fraction of sp³-hybridized carbons (Fsp3) is 0.333. The van der Waals surface area contributed by atoms with Gasteiger partial charge in [-0.3, -0.25) is 4.79 Å². The van der Waals surface area contributed by atoms with Crippen LogP contribution in [0.15, 0.2) is 36.4 Å². The maximum Gasteiger partial charge on any atom is 0.343 e. The third-order valence-corrected chi connectivity index (χ3v) is 7.88. The molecule has 0 radical (unpaired) electrons. The molecule has 1 unspecified atom stereocenters. The van der Waals surface area contributed by atoms with Crippen molar-refractivity contribution in [2.24, 2.45) is 0 Å². The van der Waals surface area contributed by atoms with E-state index in [1.807, 2.05) is 35.7 Å². The predicted molar refractivity (Wildman–Crippen MR) is 107 cm³/mol. The molecule has 0 bridgehead atoms. The van der Waals surface area contributed by atoms with Crippen LogP contribution in [0.3, 0.4) is 0 Å². The van der Waals surface area contributed by atoms with Gasteiger partial charge in [0.25, 0.3) is 0 Å². The van der Waals surface area contributed by atoms with Gasteiger partial charge in [0.2, 0.25) is 0 Å². The third-order valence-electron chi connectivity index (χ3n) is 4.87. The summed E-state index contributed by atoms with van der Waals surface area (Å²) in [5.74, 6) is 1.12. The van der Waals surface area contributed by atoms with E-state index in [0.29, 0.717) is 15.7 Å². The number of carbonyl (C=O) groups is 2. The first-order valence-corrected chi connectivity index (χ1v) is 11.1. The lowest BCUT2D eigenvalue weighted by Gasteiger charge is -2.21. The van der Waals surface area contributed by atoms with Gasteiger partial charge in [-0.25, -0.2) is 9.18 Å². The molecule has 1 heterocycles. The Balaban J connectivity index is 1.54. The largest absolute Gasteiger partial charge is 0.422 e. The summed E-state index contributed by atoms with van der Waals surface area (Å²) >= 11 is 3.84. The van der Waals surface area contributed by atoms with Gasteiger partial charge >= 0.3 is 5.97 Å². The zero-order valence-electron chi connectivity index (χ0n) is 14.9.